The van der Waals surface area contributed by atoms with E-state index >= 15 is 0 Å². The molecule has 0 saturated carbocycles. The number of carbonyl (C=O) groups is 1. The Morgan fingerprint density at radius 3 is 1.62 bits per heavy atom. The molecule has 0 bridgehead atoms. The van der Waals surface area contributed by atoms with Crippen LogP contribution in [0, 0.1) is 0 Å². The Morgan fingerprint density at radius 1 is 0.578 bits per heavy atom. The van der Waals surface area contributed by atoms with Gasteiger partial charge in [-0.05, 0) is 6.92 Å². The van der Waals surface area contributed by atoms with Crippen LogP contribution in [-0.2, 0) is 38.0 Å². The van der Waals surface area contributed by atoms with Gasteiger partial charge in [0.2, 0.25) is 0 Å². The molecule has 45 heavy (non-hydrogen) atoms. The molecule has 21 nitrogen and oxygen atoms in total. The van der Waals surface area contributed by atoms with Gasteiger partial charge in [0.1, 0.15) is 85.5 Å². The Labute approximate surface area is 253 Å². The Kier molecular flexibility index (Phi) is 12.1. The van der Waals surface area contributed by atoms with Gasteiger partial charge in [0.25, 0.3) is 0 Å². The first kappa shape index (κ1) is 36.5. The second-order valence-corrected chi connectivity index (χ2v) is 11.2. The number of hydrogen-bond acceptors (Lipinski definition) is 20. The highest BCUT2D eigenvalue weighted by molar-refractivity contribution is 5.73. The summed E-state index contributed by atoms with van der Waals surface area (Å²) in [5.74, 6) is -1.69. The van der Waals surface area contributed by atoms with Crippen molar-refractivity contribution in [2.75, 3.05) is 13.2 Å². The van der Waals surface area contributed by atoms with Crippen molar-refractivity contribution in [3.63, 3.8) is 0 Å². The zero-order valence-corrected chi connectivity index (χ0v) is 23.5. The fourth-order valence-corrected chi connectivity index (χ4v) is 5.34. The summed E-state index contributed by atoms with van der Waals surface area (Å²) >= 11 is 0. The zero-order chi connectivity index (χ0) is 33.5. The molecular formula is C24H40O21. The fourth-order valence-electron chi connectivity index (χ4n) is 5.34. The van der Waals surface area contributed by atoms with Crippen LogP contribution in [0.25, 0.3) is 0 Å². The van der Waals surface area contributed by atoms with Crippen molar-refractivity contribution in [2.24, 2.45) is 0 Å². The Balaban J connectivity index is 1.48. The summed E-state index contributed by atoms with van der Waals surface area (Å²) in [6.07, 6.45) is -36.3. The van der Waals surface area contributed by atoms with Gasteiger partial charge in [-0.3, -0.25) is 0 Å². The van der Waals surface area contributed by atoms with E-state index in [0.717, 1.165) is 0 Å². The zero-order valence-electron chi connectivity index (χ0n) is 23.5. The quantitative estimate of drug-likeness (QED) is 0.109. The van der Waals surface area contributed by atoms with Crippen molar-refractivity contribution in [2.45, 2.75) is 130 Å². The molecule has 0 aromatic carbocycles. The summed E-state index contributed by atoms with van der Waals surface area (Å²) in [6, 6.07) is 0. The average Bonchev–Trinajstić information content (AvgIpc) is 3.00. The molecule has 4 aliphatic rings. The number of rotatable bonds is 9. The maximum absolute atomic E-state index is 11.3. The van der Waals surface area contributed by atoms with Crippen LogP contribution in [0.15, 0.2) is 0 Å². The van der Waals surface area contributed by atoms with Gasteiger partial charge in [-0.25, -0.2) is 4.79 Å². The van der Waals surface area contributed by atoms with Gasteiger partial charge in [0, 0.05) is 0 Å². The van der Waals surface area contributed by atoms with E-state index in [1.807, 2.05) is 0 Å². The number of aliphatic carboxylic acids is 1. The summed E-state index contributed by atoms with van der Waals surface area (Å²) in [5.41, 5.74) is 0. The number of ether oxygens (including phenoxy) is 7. The Morgan fingerprint density at radius 2 is 1.07 bits per heavy atom. The molecule has 0 spiro atoms. The Bertz CT molecular complexity index is 973. The third-order valence-electron chi connectivity index (χ3n) is 8.11. The third-order valence-corrected chi connectivity index (χ3v) is 8.11. The van der Waals surface area contributed by atoms with Crippen LogP contribution in [0.5, 0.6) is 0 Å². The highest BCUT2D eigenvalue weighted by Gasteiger charge is 2.54. The minimum Gasteiger partial charge on any atom is -0.479 e. The van der Waals surface area contributed by atoms with Crippen LogP contribution < -0.4 is 0 Å². The second kappa shape index (κ2) is 14.9. The molecule has 4 fully saturated rings. The third kappa shape index (κ3) is 7.41. The summed E-state index contributed by atoms with van der Waals surface area (Å²) in [6.45, 7) is -0.263. The van der Waals surface area contributed by atoms with E-state index < -0.39 is 142 Å². The highest BCUT2D eigenvalue weighted by Crippen LogP contribution is 2.33. The molecule has 0 aromatic rings. The monoisotopic (exact) mass is 664 g/mol. The van der Waals surface area contributed by atoms with Gasteiger partial charge in [0.05, 0.1) is 19.3 Å². The largest absolute Gasteiger partial charge is 0.479 e. The van der Waals surface area contributed by atoms with Gasteiger partial charge in [-0.15, -0.1) is 0 Å². The van der Waals surface area contributed by atoms with E-state index in [4.69, 9.17) is 33.2 Å². The van der Waals surface area contributed by atoms with E-state index in [-0.39, 0.29) is 0 Å². The van der Waals surface area contributed by atoms with E-state index in [9.17, 15) is 71.2 Å². The van der Waals surface area contributed by atoms with Gasteiger partial charge < -0.3 is 99.5 Å². The molecule has 4 saturated heterocycles. The van der Waals surface area contributed by atoms with Gasteiger partial charge in [-0.1, -0.05) is 0 Å². The molecule has 4 heterocycles. The lowest BCUT2D eigenvalue weighted by molar-refractivity contribution is -0.387. The molecular weight excluding hydrogens is 624 g/mol. The molecule has 20 unspecified atom stereocenters. The maximum Gasteiger partial charge on any atom is 0.335 e. The molecule has 4 rings (SSSR count). The van der Waals surface area contributed by atoms with Crippen molar-refractivity contribution in [1.29, 1.82) is 0 Å². The molecule has 20 atom stereocenters. The minimum atomic E-state index is -2.03. The van der Waals surface area contributed by atoms with Crippen molar-refractivity contribution in [3.8, 4) is 0 Å². The number of aliphatic hydroxyl groups excluding tert-OH is 12. The van der Waals surface area contributed by atoms with Crippen LogP contribution >= 0.6 is 0 Å². The van der Waals surface area contributed by atoms with Crippen LogP contribution in [0.2, 0.25) is 0 Å². The van der Waals surface area contributed by atoms with Crippen molar-refractivity contribution in [3.05, 3.63) is 0 Å². The first-order valence-corrected chi connectivity index (χ1v) is 14.0. The van der Waals surface area contributed by atoms with Gasteiger partial charge >= 0.3 is 5.97 Å². The summed E-state index contributed by atoms with van der Waals surface area (Å²) < 4.78 is 37.5. The van der Waals surface area contributed by atoms with E-state index in [0.29, 0.717) is 0 Å². The summed E-state index contributed by atoms with van der Waals surface area (Å²) in [7, 11) is 0. The average molecular weight is 665 g/mol. The number of hydrogen-bond donors (Lipinski definition) is 13. The first-order chi connectivity index (χ1) is 21.1. The van der Waals surface area contributed by atoms with Crippen LogP contribution in [0.1, 0.15) is 6.92 Å². The number of carboxylic acids is 1. The van der Waals surface area contributed by atoms with Crippen molar-refractivity contribution in [1.82, 2.24) is 0 Å². The highest BCUT2D eigenvalue weighted by atomic mass is 16.8. The van der Waals surface area contributed by atoms with E-state index in [1.165, 1.54) is 6.92 Å². The lowest BCUT2D eigenvalue weighted by Crippen LogP contribution is -2.66. The molecule has 4 aliphatic heterocycles. The van der Waals surface area contributed by atoms with Gasteiger partial charge in [-0.2, -0.15) is 0 Å². The smallest absolute Gasteiger partial charge is 0.335 e. The predicted molar refractivity (Wildman–Crippen MR) is 133 cm³/mol. The molecule has 262 valence electrons. The van der Waals surface area contributed by atoms with Crippen LogP contribution in [0.3, 0.4) is 0 Å². The number of carboxylic acid groups (broad SMARTS) is 1. The lowest BCUT2D eigenvalue weighted by Gasteiger charge is -2.48. The van der Waals surface area contributed by atoms with E-state index in [1.54, 1.807) is 0 Å². The van der Waals surface area contributed by atoms with Gasteiger partial charge in [0.15, 0.2) is 31.3 Å². The maximum atomic E-state index is 11.3. The normalized spacial score (nSPS) is 52.8. The molecule has 13 N–H and O–H groups in total. The van der Waals surface area contributed by atoms with Crippen LogP contribution in [-0.4, -0.2) is 208 Å². The summed E-state index contributed by atoms with van der Waals surface area (Å²) in [4.78, 5) is 11.3. The van der Waals surface area contributed by atoms with Crippen molar-refractivity contribution >= 4 is 5.97 Å². The van der Waals surface area contributed by atoms with Crippen LogP contribution in [0.4, 0.5) is 0 Å². The topological polar surface area (TPSA) is 345 Å². The Hall–Kier alpha value is -1.29. The SMILES string of the molecule is CC1OC(O)C(OC2OC(COC3OC(C(=O)O)C(O)C(O)C3O)C(O)C(O)C2O)C(OC2OC(CO)C(O)C(O)C2O)C1O. The molecule has 0 aromatic heterocycles. The van der Waals surface area contributed by atoms with Crippen molar-refractivity contribution < 1.29 is 104 Å². The lowest BCUT2D eigenvalue weighted by atomic mass is 9.96. The second-order valence-electron chi connectivity index (χ2n) is 11.2. The molecule has 21 heteroatoms. The number of aliphatic hydroxyl groups is 12. The molecule has 0 aliphatic carbocycles. The minimum absolute atomic E-state index is 0.796. The summed E-state index contributed by atoms with van der Waals surface area (Å²) in [5, 5.41) is 132. The molecule has 0 amide bonds. The predicted octanol–water partition coefficient (Wildman–Crippen LogP) is -8.63. The first-order valence-electron chi connectivity index (χ1n) is 14.0. The fraction of sp³-hybridized carbons (Fsp3) is 0.958. The molecule has 0 radical (unpaired) electrons. The van der Waals surface area contributed by atoms with E-state index in [2.05, 4.69) is 0 Å². The standard InChI is InChI=1S/C24H40O21/c1-4-7(26)17(43-23-15(34)10(29)8(27)5(2-25)41-23)19(21(38)40-4)45-24-16(35)11(30)9(28)6(42-24)3-39-22-14(33)12(31)13(32)18(44-22)20(36)37/h4-19,21-35,38H,2-3H2,1H3,(H,36,37).